The van der Waals surface area contributed by atoms with Gasteiger partial charge in [-0.05, 0) is 69.1 Å². The molecule has 0 aromatic heterocycles. The summed E-state index contributed by atoms with van der Waals surface area (Å²) in [5.74, 6) is 2.92. The average Bonchev–Trinajstić information content (AvgIpc) is 2.48. The second kappa shape index (κ2) is 7.23. The largest absolute Gasteiger partial charge is 0.338 e. The van der Waals surface area contributed by atoms with Gasteiger partial charge in [-0.25, -0.2) is 4.79 Å². The number of hydrogen-bond donors (Lipinski definition) is 2. The lowest BCUT2D eigenvalue weighted by molar-refractivity contribution is -0.118. The molecule has 0 spiro atoms. The third-order valence-electron chi connectivity index (χ3n) is 6.23. The molecule has 4 nitrogen and oxygen atoms in total. The highest BCUT2D eigenvalue weighted by atomic mass is 16.2. The summed E-state index contributed by atoms with van der Waals surface area (Å²) in [4.78, 5) is 23.5. The van der Waals surface area contributed by atoms with Gasteiger partial charge >= 0.3 is 6.03 Å². The fourth-order valence-electron chi connectivity index (χ4n) is 5.55. The van der Waals surface area contributed by atoms with Gasteiger partial charge in [0.15, 0.2) is 0 Å². The van der Waals surface area contributed by atoms with Crippen LogP contribution in [0.4, 0.5) is 4.79 Å². The predicted molar refractivity (Wildman–Crippen MR) is 91.2 cm³/mol. The molecule has 0 aliphatic heterocycles. The van der Waals surface area contributed by atoms with Crippen molar-refractivity contribution in [2.45, 2.75) is 83.1 Å². The molecule has 4 rings (SSSR count). The Bertz CT molecular complexity index is 411. The molecule has 4 fully saturated rings. The van der Waals surface area contributed by atoms with Crippen LogP contribution in [-0.2, 0) is 4.79 Å². The molecule has 0 heterocycles. The van der Waals surface area contributed by atoms with Crippen LogP contribution >= 0.6 is 0 Å². The molecule has 4 saturated carbocycles. The first-order valence-electron chi connectivity index (χ1n) is 9.66. The highest BCUT2D eigenvalue weighted by Crippen LogP contribution is 2.55. The number of unbranched alkanes of at least 4 members (excludes halogenated alkanes) is 2. The van der Waals surface area contributed by atoms with Crippen molar-refractivity contribution >= 4 is 11.8 Å². The van der Waals surface area contributed by atoms with Crippen molar-refractivity contribution < 1.29 is 9.59 Å². The normalized spacial score (nSPS) is 34.4. The highest BCUT2D eigenvalue weighted by molar-refractivity contribution is 5.77. The summed E-state index contributed by atoms with van der Waals surface area (Å²) in [7, 11) is 0. The van der Waals surface area contributed by atoms with Gasteiger partial charge in [0.25, 0.3) is 0 Å². The zero-order valence-corrected chi connectivity index (χ0v) is 14.5. The maximum absolute atomic E-state index is 12.2. The fourth-order valence-corrected chi connectivity index (χ4v) is 5.55. The molecule has 130 valence electrons. The molecule has 0 aromatic carbocycles. The summed E-state index contributed by atoms with van der Waals surface area (Å²) in [6.07, 6.45) is 12.1. The van der Waals surface area contributed by atoms with Crippen LogP contribution in [0.1, 0.15) is 77.6 Å². The predicted octanol–water partition coefficient (Wildman–Crippen LogP) is 3.79. The van der Waals surface area contributed by atoms with Crippen molar-refractivity contribution in [3.8, 4) is 0 Å². The number of ketones is 1. The molecule has 2 amide bonds. The second-order valence-corrected chi connectivity index (χ2v) is 8.28. The van der Waals surface area contributed by atoms with E-state index in [1.54, 1.807) is 0 Å². The Hall–Kier alpha value is -1.06. The van der Waals surface area contributed by atoms with E-state index in [-0.39, 0.29) is 11.6 Å². The molecule has 0 radical (unpaired) electrons. The first-order chi connectivity index (χ1) is 11.1. The standard InChI is InChI=1S/C19H32N2O2/c1-2-17(22)6-4-3-5-7-20-18(23)21-19-11-14-8-15(12-19)10-16(9-14)13-19/h14-16H,2-13H2,1H3,(H2,20,21,23). The van der Waals surface area contributed by atoms with Gasteiger partial charge in [-0.1, -0.05) is 13.3 Å². The van der Waals surface area contributed by atoms with E-state index in [1.807, 2.05) is 6.92 Å². The van der Waals surface area contributed by atoms with E-state index in [0.717, 1.165) is 43.6 Å². The number of carbonyl (C=O) groups excluding carboxylic acids is 2. The van der Waals surface area contributed by atoms with Gasteiger partial charge in [-0.2, -0.15) is 0 Å². The number of Topliss-reactive ketones (excluding diaryl/α,β-unsaturated/α-hetero) is 1. The summed E-state index contributed by atoms with van der Waals surface area (Å²) < 4.78 is 0. The SMILES string of the molecule is CCC(=O)CCCCCNC(=O)NC12CC3CC(CC(C3)C1)C2. The number of hydrogen-bond acceptors (Lipinski definition) is 2. The summed E-state index contributed by atoms with van der Waals surface area (Å²) in [6, 6.07) is 0.0246. The smallest absolute Gasteiger partial charge is 0.315 e. The van der Waals surface area contributed by atoms with Crippen molar-refractivity contribution in [3.05, 3.63) is 0 Å². The van der Waals surface area contributed by atoms with Crippen LogP contribution in [-0.4, -0.2) is 23.9 Å². The van der Waals surface area contributed by atoms with Crippen LogP contribution in [0.15, 0.2) is 0 Å². The van der Waals surface area contributed by atoms with Gasteiger partial charge in [-0.3, -0.25) is 4.79 Å². The molecule has 4 heteroatoms. The van der Waals surface area contributed by atoms with Gasteiger partial charge < -0.3 is 10.6 Å². The Balaban J connectivity index is 1.33. The Morgan fingerprint density at radius 3 is 2.13 bits per heavy atom. The van der Waals surface area contributed by atoms with Crippen LogP contribution in [0.25, 0.3) is 0 Å². The van der Waals surface area contributed by atoms with Crippen molar-refractivity contribution in [1.29, 1.82) is 0 Å². The van der Waals surface area contributed by atoms with E-state index in [0.29, 0.717) is 18.6 Å². The number of urea groups is 1. The minimum Gasteiger partial charge on any atom is -0.338 e. The Morgan fingerprint density at radius 1 is 0.957 bits per heavy atom. The van der Waals surface area contributed by atoms with Gasteiger partial charge in [0.1, 0.15) is 5.78 Å². The molecule has 23 heavy (non-hydrogen) atoms. The topological polar surface area (TPSA) is 58.2 Å². The van der Waals surface area contributed by atoms with Crippen LogP contribution in [0, 0.1) is 17.8 Å². The van der Waals surface area contributed by atoms with Crippen LogP contribution < -0.4 is 10.6 Å². The van der Waals surface area contributed by atoms with Gasteiger partial charge in [0, 0.05) is 24.9 Å². The first-order valence-corrected chi connectivity index (χ1v) is 9.66. The van der Waals surface area contributed by atoms with Gasteiger partial charge in [0.2, 0.25) is 0 Å². The summed E-state index contributed by atoms with van der Waals surface area (Å²) in [5.41, 5.74) is 0.104. The molecule has 0 saturated heterocycles. The number of amides is 2. The Morgan fingerprint density at radius 2 is 1.57 bits per heavy atom. The number of carbonyl (C=O) groups is 2. The maximum atomic E-state index is 12.2. The summed E-state index contributed by atoms with van der Waals surface area (Å²) in [5, 5.41) is 6.36. The zero-order valence-electron chi connectivity index (χ0n) is 14.5. The monoisotopic (exact) mass is 320 g/mol. The second-order valence-electron chi connectivity index (χ2n) is 8.28. The first kappa shape index (κ1) is 16.8. The molecule has 4 aliphatic carbocycles. The molecule has 0 aromatic rings. The molecule has 2 N–H and O–H groups in total. The van der Waals surface area contributed by atoms with Crippen LogP contribution in [0.2, 0.25) is 0 Å². The molecule has 4 aliphatic rings. The summed E-state index contributed by atoms with van der Waals surface area (Å²) in [6.45, 7) is 2.64. The van der Waals surface area contributed by atoms with E-state index in [4.69, 9.17) is 0 Å². The third kappa shape index (κ3) is 4.27. The fraction of sp³-hybridized carbons (Fsp3) is 0.895. The number of rotatable bonds is 8. The average molecular weight is 320 g/mol. The lowest BCUT2D eigenvalue weighted by Gasteiger charge is -2.56. The van der Waals surface area contributed by atoms with E-state index >= 15 is 0 Å². The minimum atomic E-state index is 0.0246. The molecule has 0 atom stereocenters. The van der Waals surface area contributed by atoms with Gasteiger partial charge in [-0.15, -0.1) is 0 Å². The maximum Gasteiger partial charge on any atom is 0.315 e. The van der Waals surface area contributed by atoms with E-state index in [9.17, 15) is 9.59 Å². The van der Waals surface area contributed by atoms with Gasteiger partial charge in [0.05, 0.1) is 0 Å². The van der Waals surface area contributed by atoms with E-state index in [2.05, 4.69) is 10.6 Å². The molecule has 0 unspecified atom stereocenters. The van der Waals surface area contributed by atoms with Crippen molar-refractivity contribution in [3.63, 3.8) is 0 Å². The quantitative estimate of drug-likeness (QED) is 0.668. The molecular formula is C19H32N2O2. The number of nitrogens with one attached hydrogen (secondary N) is 2. The summed E-state index contributed by atoms with van der Waals surface area (Å²) >= 11 is 0. The van der Waals surface area contributed by atoms with E-state index < -0.39 is 0 Å². The Labute approximate surface area is 140 Å². The van der Waals surface area contributed by atoms with Crippen LogP contribution in [0.5, 0.6) is 0 Å². The zero-order chi connectivity index (χ0) is 16.3. The lowest BCUT2D eigenvalue weighted by atomic mass is 9.53. The molecule has 4 bridgehead atoms. The highest BCUT2D eigenvalue weighted by Gasteiger charge is 2.51. The third-order valence-corrected chi connectivity index (χ3v) is 6.23. The molecular weight excluding hydrogens is 288 g/mol. The van der Waals surface area contributed by atoms with E-state index in [1.165, 1.54) is 38.5 Å². The van der Waals surface area contributed by atoms with Crippen molar-refractivity contribution in [1.82, 2.24) is 10.6 Å². The van der Waals surface area contributed by atoms with Crippen LogP contribution in [0.3, 0.4) is 0 Å². The Kier molecular flexibility index (Phi) is 5.27. The minimum absolute atomic E-state index is 0.0246. The lowest BCUT2D eigenvalue weighted by Crippen LogP contribution is -2.61. The van der Waals surface area contributed by atoms with Crippen molar-refractivity contribution in [2.24, 2.45) is 17.8 Å². The van der Waals surface area contributed by atoms with Crippen molar-refractivity contribution in [2.75, 3.05) is 6.54 Å².